The summed E-state index contributed by atoms with van der Waals surface area (Å²) >= 11 is 2.29. The highest BCUT2D eigenvalue weighted by Gasteiger charge is 2.37. The van der Waals surface area contributed by atoms with Crippen LogP contribution in [0.15, 0.2) is 77.8 Å². The molecule has 1 heterocycles. The highest BCUT2D eigenvalue weighted by atomic mass is 127. The second-order valence-corrected chi connectivity index (χ2v) is 9.77. The highest BCUT2D eigenvalue weighted by Crippen LogP contribution is 2.49. The summed E-state index contributed by atoms with van der Waals surface area (Å²) in [7, 11) is 0. The molecule has 1 aliphatic heterocycles. The standard InChI is InChI=1S/C29H29IN2O2/c1-3-33-27-17-19(16-25(30)29(27)34-4-2)18-31-21-14-12-20(13-15-21)28-24-10-7-9-22(24)23-8-5-6-11-26(23)32-28/h5-9,11-18,22,24,28,32H,3-4,10H2,1-2H3/t22-,24-,28+/m1/s1. The van der Waals surface area contributed by atoms with Crippen molar-refractivity contribution >= 4 is 40.2 Å². The van der Waals surface area contributed by atoms with Gasteiger partial charge in [-0.1, -0.05) is 42.5 Å². The van der Waals surface area contributed by atoms with Crippen molar-refractivity contribution in [1.82, 2.24) is 0 Å². The van der Waals surface area contributed by atoms with E-state index in [2.05, 4.69) is 94.7 Å². The Bertz CT molecular complexity index is 1220. The fraction of sp³-hybridized carbons (Fsp3) is 0.276. The second-order valence-electron chi connectivity index (χ2n) is 8.61. The number of rotatable bonds is 7. The van der Waals surface area contributed by atoms with E-state index in [0.29, 0.717) is 31.1 Å². The van der Waals surface area contributed by atoms with Gasteiger partial charge in [0.15, 0.2) is 11.5 Å². The van der Waals surface area contributed by atoms with E-state index in [1.807, 2.05) is 26.1 Å². The molecular formula is C29H29IN2O2. The number of ether oxygens (including phenoxy) is 2. The number of nitrogens with one attached hydrogen (secondary N) is 1. The van der Waals surface area contributed by atoms with E-state index >= 15 is 0 Å². The average molecular weight is 564 g/mol. The molecule has 0 aromatic heterocycles. The Kier molecular flexibility index (Phi) is 6.90. The summed E-state index contributed by atoms with van der Waals surface area (Å²) in [6.07, 6.45) is 7.71. The summed E-state index contributed by atoms with van der Waals surface area (Å²) in [5, 5.41) is 3.80. The molecule has 3 aromatic carbocycles. The first-order valence-electron chi connectivity index (χ1n) is 11.9. The van der Waals surface area contributed by atoms with Crippen LogP contribution in [-0.2, 0) is 0 Å². The van der Waals surface area contributed by atoms with E-state index in [1.165, 1.54) is 16.8 Å². The number of aliphatic imine (C=N–C) groups is 1. The Morgan fingerprint density at radius 1 is 1.03 bits per heavy atom. The van der Waals surface area contributed by atoms with Crippen LogP contribution in [0.4, 0.5) is 11.4 Å². The quantitative estimate of drug-likeness (QED) is 0.182. The number of benzene rings is 3. The lowest BCUT2D eigenvalue weighted by Crippen LogP contribution is -2.28. The second kappa shape index (κ2) is 10.2. The van der Waals surface area contributed by atoms with Crippen LogP contribution in [0.1, 0.15) is 48.9 Å². The van der Waals surface area contributed by atoms with Crippen molar-refractivity contribution in [3.63, 3.8) is 0 Å². The molecule has 0 bridgehead atoms. The molecule has 3 aromatic rings. The maximum Gasteiger partial charge on any atom is 0.174 e. The van der Waals surface area contributed by atoms with E-state index in [9.17, 15) is 0 Å². The monoisotopic (exact) mass is 564 g/mol. The minimum Gasteiger partial charge on any atom is -0.490 e. The third-order valence-corrected chi connectivity index (χ3v) is 7.31. The smallest absolute Gasteiger partial charge is 0.174 e. The van der Waals surface area contributed by atoms with Crippen LogP contribution in [0.25, 0.3) is 0 Å². The zero-order chi connectivity index (χ0) is 23.5. The molecule has 0 saturated carbocycles. The number of para-hydroxylation sites is 1. The van der Waals surface area contributed by atoms with Crippen LogP contribution in [0.5, 0.6) is 11.5 Å². The fourth-order valence-corrected chi connectivity index (χ4v) is 5.78. The number of hydrogen-bond donors (Lipinski definition) is 1. The molecule has 0 radical (unpaired) electrons. The molecule has 0 saturated heterocycles. The Hall–Kier alpha value is -2.80. The summed E-state index contributed by atoms with van der Waals surface area (Å²) in [5.74, 6) is 2.60. The summed E-state index contributed by atoms with van der Waals surface area (Å²) in [4.78, 5) is 4.73. The molecule has 34 heavy (non-hydrogen) atoms. The molecule has 1 aliphatic carbocycles. The topological polar surface area (TPSA) is 42.8 Å². The van der Waals surface area contributed by atoms with Crippen molar-refractivity contribution in [2.45, 2.75) is 32.2 Å². The predicted octanol–water partition coefficient (Wildman–Crippen LogP) is 7.67. The van der Waals surface area contributed by atoms with Gasteiger partial charge in [0.1, 0.15) is 0 Å². The van der Waals surface area contributed by atoms with E-state index in [1.54, 1.807) is 0 Å². The van der Waals surface area contributed by atoms with Crippen LogP contribution in [0.2, 0.25) is 0 Å². The zero-order valence-corrected chi connectivity index (χ0v) is 21.7. The van der Waals surface area contributed by atoms with E-state index in [0.717, 1.165) is 32.7 Å². The van der Waals surface area contributed by atoms with Gasteiger partial charge in [-0.05, 0) is 95.8 Å². The molecule has 174 valence electrons. The van der Waals surface area contributed by atoms with Crippen LogP contribution < -0.4 is 14.8 Å². The predicted molar refractivity (Wildman–Crippen MR) is 148 cm³/mol. The van der Waals surface area contributed by atoms with Gasteiger partial charge >= 0.3 is 0 Å². The number of halogens is 1. The molecular weight excluding hydrogens is 535 g/mol. The fourth-order valence-electron chi connectivity index (χ4n) is 5.00. The van der Waals surface area contributed by atoms with Crippen molar-refractivity contribution in [1.29, 1.82) is 0 Å². The van der Waals surface area contributed by atoms with Crippen LogP contribution in [0.3, 0.4) is 0 Å². The van der Waals surface area contributed by atoms with Gasteiger partial charge in [0.2, 0.25) is 0 Å². The molecule has 2 aliphatic rings. The third-order valence-electron chi connectivity index (χ3n) is 6.51. The normalized spacial score (nSPS) is 20.6. The van der Waals surface area contributed by atoms with Crippen molar-refractivity contribution < 1.29 is 9.47 Å². The highest BCUT2D eigenvalue weighted by molar-refractivity contribution is 14.1. The molecule has 0 spiro atoms. The summed E-state index contributed by atoms with van der Waals surface area (Å²) in [6.45, 7) is 5.16. The molecule has 4 nitrogen and oxygen atoms in total. The number of anilines is 1. The van der Waals surface area contributed by atoms with Crippen molar-refractivity contribution in [2.24, 2.45) is 10.9 Å². The van der Waals surface area contributed by atoms with Gasteiger partial charge in [-0.2, -0.15) is 0 Å². The molecule has 3 atom stereocenters. The lowest BCUT2D eigenvalue weighted by Gasteiger charge is -2.37. The number of nitrogens with zero attached hydrogens (tertiary/aromatic N) is 1. The van der Waals surface area contributed by atoms with Crippen molar-refractivity contribution in [2.75, 3.05) is 18.5 Å². The molecule has 1 N–H and O–H groups in total. The Balaban J connectivity index is 1.35. The van der Waals surface area contributed by atoms with Gasteiger partial charge in [-0.3, -0.25) is 4.99 Å². The van der Waals surface area contributed by atoms with Crippen molar-refractivity contribution in [3.05, 3.63) is 93.1 Å². The summed E-state index contributed by atoms with van der Waals surface area (Å²) in [6, 6.07) is 21.7. The van der Waals surface area contributed by atoms with Crippen molar-refractivity contribution in [3.8, 4) is 11.5 Å². The van der Waals surface area contributed by atoms with Gasteiger partial charge in [-0.25, -0.2) is 0 Å². The lowest BCUT2D eigenvalue weighted by molar-refractivity contribution is 0.286. The largest absolute Gasteiger partial charge is 0.490 e. The SMILES string of the molecule is CCOc1cc(C=Nc2ccc([C@@H]3Nc4ccccc4[C@H]4C=CC[C@H]43)cc2)cc(I)c1OCC. The maximum absolute atomic E-state index is 5.80. The van der Waals surface area contributed by atoms with E-state index in [4.69, 9.17) is 14.5 Å². The molecule has 5 rings (SSSR count). The van der Waals surface area contributed by atoms with Gasteiger partial charge < -0.3 is 14.8 Å². The van der Waals surface area contributed by atoms with Gasteiger partial charge in [0.25, 0.3) is 0 Å². The maximum atomic E-state index is 5.80. The van der Waals surface area contributed by atoms with Gasteiger partial charge in [0, 0.05) is 17.8 Å². The number of allylic oxidation sites excluding steroid dienone is 2. The number of hydrogen-bond acceptors (Lipinski definition) is 4. The first-order valence-corrected chi connectivity index (χ1v) is 13.0. The summed E-state index contributed by atoms with van der Waals surface area (Å²) < 4.78 is 12.6. The van der Waals surface area contributed by atoms with E-state index < -0.39 is 0 Å². The van der Waals surface area contributed by atoms with Crippen LogP contribution in [0, 0.1) is 9.49 Å². The molecule has 5 heteroatoms. The lowest BCUT2D eigenvalue weighted by atomic mass is 9.77. The Morgan fingerprint density at radius 2 is 1.82 bits per heavy atom. The molecule has 0 unspecified atom stereocenters. The first-order chi connectivity index (χ1) is 16.7. The first kappa shape index (κ1) is 23.0. The molecule has 0 fully saturated rings. The van der Waals surface area contributed by atoms with Gasteiger partial charge in [0.05, 0.1) is 28.5 Å². The summed E-state index contributed by atoms with van der Waals surface area (Å²) in [5.41, 5.74) is 5.89. The molecule has 0 amide bonds. The van der Waals surface area contributed by atoms with E-state index in [-0.39, 0.29) is 0 Å². The Morgan fingerprint density at radius 3 is 2.62 bits per heavy atom. The third kappa shape index (κ3) is 4.58. The average Bonchev–Trinajstić information content (AvgIpc) is 3.35. The minimum absolute atomic E-state index is 0.300. The zero-order valence-electron chi connectivity index (χ0n) is 19.5. The van der Waals surface area contributed by atoms with Crippen LogP contribution in [-0.4, -0.2) is 19.4 Å². The van der Waals surface area contributed by atoms with Crippen LogP contribution >= 0.6 is 22.6 Å². The minimum atomic E-state index is 0.300. The Labute approximate surface area is 215 Å². The number of fused-ring (bicyclic) bond motifs is 3. The van der Waals surface area contributed by atoms with Gasteiger partial charge in [-0.15, -0.1) is 0 Å².